The molecule has 132 heavy (non-hydrogen) atoms. The maximum absolute atomic E-state index is 13.2. The number of anilines is 4. The molecular weight excluding hydrogens is 1710 g/mol. The molecule has 0 aliphatic carbocycles. The summed E-state index contributed by atoms with van der Waals surface area (Å²) in [6.07, 6.45) is 5.71. The predicted molar refractivity (Wildman–Crippen MR) is 490 cm³/mol. The number of carbonyl (C=O) groups is 5. The van der Waals surface area contributed by atoms with E-state index >= 15 is 0 Å². The van der Waals surface area contributed by atoms with E-state index in [2.05, 4.69) is 50.3 Å². The highest BCUT2D eigenvalue weighted by molar-refractivity contribution is 6.09. The van der Waals surface area contributed by atoms with Gasteiger partial charge in [0.1, 0.15) is 58.7 Å². The maximum atomic E-state index is 13.2. The number of nitrogens with two attached hydrogens (primary N) is 2. The van der Waals surface area contributed by atoms with Gasteiger partial charge < -0.3 is 88.1 Å². The molecule has 8 N–H and O–H groups in total. The van der Waals surface area contributed by atoms with Crippen LogP contribution in [0.1, 0.15) is 93.2 Å². The summed E-state index contributed by atoms with van der Waals surface area (Å²) in [5, 5.41) is 50.0. The van der Waals surface area contributed by atoms with Crippen molar-refractivity contribution < 1.29 is 80.9 Å². The average molecular weight is 1810 g/mol. The van der Waals surface area contributed by atoms with E-state index in [1.165, 1.54) is 36.5 Å². The van der Waals surface area contributed by atoms with Crippen LogP contribution in [0.3, 0.4) is 0 Å². The first-order valence-corrected chi connectivity index (χ1v) is 40.2. The number of benzene rings is 6. The highest BCUT2D eigenvalue weighted by Crippen LogP contribution is 2.43. The third-order valence-electron chi connectivity index (χ3n) is 19.5. The Bertz CT molecular complexity index is 6860. The van der Waals surface area contributed by atoms with E-state index in [4.69, 9.17) is 69.7 Å². The second kappa shape index (κ2) is 47.0. The van der Waals surface area contributed by atoms with Crippen molar-refractivity contribution in [1.82, 2.24) is 62.8 Å². The summed E-state index contributed by atoms with van der Waals surface area (Å²) >= 11 is 0. The zero-order chi connectivity index (χ0) is 96.9. The van der Waals surface area contributed by atoms with Gasteiger partial charge in [0.2, 0.25) is 34.0 Å². The molecule has 0 saturated heterocycles. The molecule has 0 atom stereocenters. The smallest absolute Gasteiger partial charge is 0.422 e. The molecule has 0 aliphatic rings. The van der Waals surface area contributed by atoms with Crippen molar-refractivity contribution in [3.05, 3.63) is 238 Å². The molecule has 0 radical (unpaired) electrons. The fourth-order valence-electron chi connectivity index (χ4n) is 12.9. The van der Waals surface area contributed by atoms with E-state index in [1.807, 2.05) is 63.4 Å². The Morgan fingerprint density at radius 2 is 0.917 bits per heavy atom. The number of carbonyl (C=O) groups excluding carboxylic acids is 4. The van der Waals surface area contributed by atoms with E-state index in [9.17, 15) is 47.9 Å². The molecular formula is C91H101N19O22. The number of methoxy groups -OCH3 is 9. The highest BCUT2D eigenvalue weighted by Gasteiger charge is 2.27. The van der Waals surface area contributed by atoms with Gasteiger partial charge in [-0.25, -0.2) is 33.2 Å². The van der Waals surface area contributed by atoms with Crippen molar-refractivity contribution in [1.29, 1.82) is 10.5 Å². The number of nitriles is 2. The highest BCUT2D eigenvalue weighted by atomic mass is 16.6. The molecule has 41 heteroatoms. The quantitative estimate of drug-likeness (QED) is 0.0186. The number of amides is 2. The van der Waals surface area contributed by atoms with E-state index in [0.717, 1.165) is 22.2 Å². The van der Waals surface area contributed by atoms with Gasteiger partial charge >= 0.3 is 29.3 Å². The number of aromatic amines is 1. The molecule has 0 unspecified atom stereocenters. The van der Waals surface area contributed by atoms with Gasteiger partial charge in [-0.3, -0.25) is 48.0 Å². The van der Waals surface area contributed by atoms with Gasteiger partial charge in [-0.05, 0) is 78.9 Å². The molecule has 14 rings (SSSR count). The molecule has 0 spiro atoms. The second-order valence-electron chi connectivity index (χ2n) is 29.0. The lowest BCUT2D eigenvalue weighted by Crippen LogP contribution is -2.30. The standard InChI is InChI=1S/C24H25N5O5.C18H17N5O2.C16H18N4O4.C13H17N3O3.C9H7NO3.C8H14O3.C3H3NO2/c1-28-16-8-6-5-7-15(16)20(30)19(23(28)25)24(31)27-18-11-12-26-29(18)13-14-9-10-17(32-2)22(34-4)21(14)33-3;1-10(2)16-20-17-14(18(25)23(16)13-8-9-19-21-13)15(24)11-6-4-5-7-12(11)22(17)3;1-22-12-5-4-11(15(23-2)16(12)24-3)10-20-13(7-9-18-20)19-14(21)6-8-17;1-17-10-5-4-9(12(18-2)13(10)19-3)8-16-11(14)6-7-15-16;1-10-7-5-3-2-4-6(7)8(11)13-9(10)12;1-5(2)7(9)11-8(10)6(3)4;4-2-1-3(5)6/h5-12H,13,25H2,1-4H3,(H,27,31);4-10H,1-3H3,(H,19,21);4-5,7,9H,6,10H2,1-3H3,(H,19,21);4-7H,8,14H2,1-3H3;2-5H,1H3;5-6H,1-4H3;1H2,(H,5,6). The minimum Gasteiger partial charge on any atom is -0.493 e. The number of nitrogen functional groups attached to an aromatic ring is 2. The van der Waals surface area contributed by atoms with Gasteiger partial charge in [-0.1, -0.05) is 77.9 Å². The summed E-state index contributed by atoms with van der Waals surface area (Å²) < 4.78 is 68.3. The number of aromatic nitrogens is 13. The number of aryl methyl sites for hydroxylation is 3. The van der Waals surface area contributed by atoms with Gasteiger partial charge in [0, 0.05) is 72.7 Å². The third-order valence-corrected chi connectivity index (χ3v) is 19.5. The van der Waals surface area contributed by atoms with Crippen LogP contribution in [-0.4, -0.2) is 162 Å². The Balaban J connectivity index is 0.000000199. The van der Waals surface area contributed by atoms with Crippen LogP contribution in [0.5, 0.6) is 51.7 Å². The fourth-order valence-corrected chi connectivity index (χ4v) is 12.9. The number of fused-ring (bicyclic) bond motifs is 4. The van der Waals surface area contributed by atoms with Crippen molar-refractivity contribution in [2.24, 2.45) is 33.0 Å². The summed E-state index contributed by atoms with van der Waals surface area (Å²) in [6, 6.07) is 42.0. The number of hydrogen-bond acceptors (Lipinski definition) is 30. The molecule has 8 aromatic heterocycles. The van der Waals surface area contributed by atoms with Gasteiger partial charge in [0.15, 0.2) is 40.1 Å². The molecule has 14 aromatic rings. The Hall–Kier alpha value is -17.0. The second-order valence-corrected chi connectivity index (χ2v) is 29.0. The normalized spacial score (nSPS) is 10.5. The third kappa shape index (κ3) is 23.8. The summed E-state index contributed by atoms with van der Waals surface area (Å²) in [7, 11) is 19.1. The SMILES string of the molecule is CC(C)C(=O)OC(=O)C(C)C.CC(C)c1nc2c(c(=O)c3ccccc3n2C)c(=O)n1-c1ccn[nH]1.COc1ccc(Cn2nccc2N)c(OC)c1OC.COc1ccc(Cn2nccc2NC(=O)CC#N)c(OC)c1OC.COc1ccc(Cn2nccc2NC(=O)c2c(N)n(C)c3ccccc3c2=O)c(OC)c1OC.Cn1c(=O)oc(=O)c2ccccc21.N#CCC(=O)O. The Morgan fingerprint density at radius 1 is 0.492 bits per heavy atom. The summed E-state index contributed by atoms with van der Waals surface area (Å²) in [6.45, 7) is 11.8. The molecule has 41 nitrogen and oxygen atoms in total. The van der Waals surface area contributed by atoms with Crippen molar-refractivity contribution >= 4 is 96.7 Å². The largest absolute Gasteiger partial charge is 0.493 e. The first kappa shape index (κ1) is 100. The topological polar surface area (TPSA) is 535 Å². The number of esters is 2. The van der Waals surface area contributed by atoms with Gasteiger partial charge in [0.25, 0.3) is 11.5 Å². The van der Waals surface area contributed by atoms with Crippen LogP contribution < -0.4 is 92.5 Å². The van der Waals surface area contributed by atoms with Crippen molar-refractivity contribution in [3.63, 3.8) is 0 Å². The van der Waals surface area contributed by atoms with Crippen LogP contribution in [0.25, 0.3) is 49.6 Å². The number of pyridine rings is 2. The molecule has 0 saturated carbocycles. The lowest BCUT2D eigenvalue weighted by atomic mass is 10.1. The molecule has 2 amide bonds. The number of carboxylic acid groups (broad SMARTS) is 1. The number of rotatable bonds is 24. The maximum Gasteiger partial charge on any atom is 0.422 e. The fraction of sp³-hybridized carbons (Fsp3) is 0.286. The number of ether oxygens (including phenoxy) is 10. The minimum absolute atomic E-state index is 0.0121. The van der Waals surface area contributed by atoms with Gasteiger partial charge in [0.05, 0.1) is 154 Å². The van der Waals surface area contributed by atoms with Gasteiger partial charge in [-0.15, -0.1) is 0 Å². The molecule has 8 heterocycles. The van der Waals surface area contributed by atoms with Crippen LogP contribution in [0.15, 0.2) is 187 Å². The zero-order valence-electron chi connectivity index (χ0n) is 75.7. The molecule has 6 aromatic carbocycles. The minimum atomic E-state index is -1.07. The number of nitrogens with zero attached hydrogens (tertiary/aromatic N) is 14. The zero-order valence-corrected chi connectivity index (χ0v) is 75.7. The Kier molecular flexibility index (Phi) is 35.7. The van der Waals surface area contributed by atoms with Gasteiger partial charge in [-0.2, -0.15) is 30.9 Å². The average Bonchev–Trinajstić information content (AvgIpc) is 0.894. The predicted octanol–water partition coefficient (Wildman–Crippen LogP) is 9.92. The van der Waals surface area contributed by atoms with E-state index in [1.54, 1.807) is 229 Å². The van der Waals surface area contributed by atoms with Crippen LogP contribution in [0.4, 0.5) is 23.3 Å². The van der Waals surface area contributed by atoms with E-state index in [0.29, 0.717) is 127 Å². The Labute approximate surface area is 754 Å². The Morgan fingerprint density at radius 3 is 1.33 bits per heavy atom. The van der Waals surface area contributed by atoms with Crippen LogP contribution in [0, 0.1) is 34.5 Å². The van der Waals surface area contributed by atoms with Crippen LogP contribution in [-0.2, 0) is 64.7 Å². The van der Waals surface area contributed by atoms with Crippen molar-refractivity contribution in [2.45, 2.75) is 79.9 Å². The number of carboxylic acids is 1. The van der Waals surface area contributed by atoms with E-state index in [-0.39, 0.29) is 58.5 Å². The lowest BCUT2D eigenvalue weighted by molar-refractivity contribution is -0.164. The number of H-pyrrole nitrogens is 1. The molecule has 0 aliphatic heterocycles. The number of aliphatic carboxylic acids is 1. The van der Waals surface area contributed by atoms with Crippen molar-refractivity contribution in [2.75, 3.05) is 86.1 Å². The van der Waals surface area contributed by atoms with Crippen LogP contribution >= 0.6 is 0 Å². The first-order chi connectivity index (χ1) is 63.2. The lowest BCUT2D eigenvalue weighted by Gasteiger charge is -2.17. The van der Waals surface area contributed by atoms with Crippen LogP contribution in [0.2, 0.25) is 0 Å². The van der Waals surface area contributed by atoms with Crippen molar-refractivity contribution in [3.8, 4) is 69.7 Å². The molecule has 0 fully saturated rings. The number of hydrogen-bond donors (Lipinski definition) is 6. The van der Waals surface area contributed by atoms with E-state index < -0.39 is 53.0 Å². The summed E-state index contributed by atoms with van der Waals surface area (Å²) in [5.41, 5.74) is 15.0. The monoisotopic (exact) mass is 1810 g/mol. The molecule has 0 bridgehead atoms. The summed E-state index contributed by atoms with van der Waals surface area (Å²) in [4.78, 5) is 122. The molecule has 692 valence electrons. The number of nitrogens with one attached hydrogen (secondary N) is 3. The summed E-state index contributed by atoms with van der Waals surface area (Å²) in [5.74, 6) is 3.35. The number of para-hydroxylation sites is 3. The first-order valence-electron chi connectivity index (χ1n) is 40.2.